The molecule has 1 aromatic carbocycles. The lowest BCUT2D eigenvalue weighted by Crippen LogP contribution is -2.45. The second-order valence-corrected chi connectivity index (χ2v) is 4.45. The highest BCUT2D eigenvalue weighted by Gasteiger charge is 2.18. The number of hydrogen-bond acceptors (Lipinski definition) is 3. The van der Waals surface area contributed by atoms with Gasteiger partial charge in [0.05, 0.1) is 12.7 Å². The Labute approximate surface area is 97.2 Å². The van der Waals surface area contributed by atoms with Crippen molar-refractivity contribution >= 4 is 0 Å². The third-order valence-corrected chi connectivity index (χ3v) is 3.01. The minimum absolute atomic E-state index is 0.208. The molecule has 1 aliphatic rings. The number of benzene rings is 1. The van der Waals surface area contributed by atoms with Gasteiger partial charge >= 0.3 is 0 Å². The van der Waals surface area contributed by atoms with Crippen LogP contribution in [0.25, 0.3) is 0 Å². The molecule has 1 aromatic rings. The van der Waals surface area contributed by atoms with Crippen molar-refractivity contribution in [1.82, 2.24) is 4.90 Å². The quantitative estimate of drug-likeness (QED) is 0.830. The zero-order chi connectivity index (χ0) is 11.4. The summed E-state index contributed by atoms with van der Waals surface area (Å²) in [6, 6.07) is 8.72. The Morgan fingerprint density at radius 2 is 2.12 bits per heavy atom. The first-order valence-corrected chi connectivity index (χ1v) is 5.87. The predicted octanol–water partition coefficient (Wildman–Crippen LogP) is 1.15. The molecule has 0 radical (unpaired) electrons. The van der Waals surface area contributed by atoms with E-state index in [1.54, 1.807) is 0 Å². The van der Waals surface area contributed by atoms with Crippen LogP contribution >= 0.6 is 0 Å². The molecule has 88 valence electrons. The van der Waals surface area contributed by atoms with Gasteiger partial charge in [-0.05, 0) is 12.5 Å². The van der Waals surface area contributed by atoms with Crippen molar-refractivity contribution in [3.05, 3.63) is 35.4 Å². The Morgan fingerprint density at radius 1 is 1.38 bits per heavy atom. The van der Waals surface area contributed by atoms with Crippen LogP contribution < -0.4 is 5.73 Å². The average molecular weight is 220 g/mol. The fraction of sp³-hybridized carbons (Fsp3) is 0.538. The Morgan fingerprint density at radius 3 is 2.81 bits per heavy atom. The van der Waals surface area contributed by atoms with E-state index >= 15 is 0 Å². The lowest BCUT2D eigenvalue weighted by atomic mass is 10.1. The van der Waals surface area contributed by atoms with Crippen LogP contribution in [0.3, 0.4) is 0 Å². The van der Waals surface area contributed by atoms with Crippen LogP contribution in [0.15, 0.2) is 24.3 Å². The van der Waals surface area contributed by atoms with E-state index in [1.807, 2.05) is 0 Å². The van der Waals surface area contributed by atoms with Crippen molar-refractivity contribution in [2.24, 2.45) is 5.73 Å². The predicted molar refractivity (Wildman–Crippen MR) is 65.3 cm³/mol. The molecule has 1 atom stereocenters. The number of nitrogens with two attached hydrogens (primary N) is 1. The van der Waals surface area contributed by atoms with Gasteiger partial charge in [-0.3, -0.25) is 4.90 Å². The molecule has 0 aliphatic carbocycles. The molecule has 3 nitrogen and oxygen atoms in total. The lowest BCUT2D eigenvalue weighted by Gasteiger charge is -2.32. The van der Waals surface area contributed by atoms with Crippen LogP contribution in [0, 0.1) is 6.92 Å². The summed E-state index contributed by atoms with van der Waals surface area (Å²) in [5, 5.41) is 0. The smallest absolute Gasteiger partial charge is 0.0824 e. The number of nitrogens with zero attached hydrogens (tertiary/aromatic N) is 1. The van der Waals surface area contributed by atoms with Crippen molar-refractivity contribution in [1.29, 1.82) is 0 Å². The normalized spacial score (nSPS) is 22.2. The molecule has 16 heavy (non-hydrogen) atoms. The van der Waals surface area contributed by atoms with Gasteiger partial charge in [-0.15, -0.1) is 0 Å². The van der Waals surface area contributed by atoms with Crippen molar-refractivity contribution in [3.8, 4) is 0 Å². The highest BCUT2D eigenvalue weighted by molar-refractivity contribution is 5.21. The van der Waals surface area contributed by atoms with Crippen molar-refractivity contribution in [3.63, 3.8) is 0 Å². The Bertz CT molecular complexity index is 323. The second-order valence-electron chi connectivity index (χ2n) is 4.45. The highest BCUT2D eigenvalue weighted by Crippen LogP contribution is 2.10. The summed E-state index contributed by atoms with van der Waals surface area (Å²) in [5.74, 6) is 0. The van der Waals surface area contributed by atoms with Gasteiger partial charge in [-0.25, -0.2) is 0 Å². The fourth-order valence-electron chi connectivity index (χ4n) is 2.02. The molecule has 0 bridgehead atoms. The Kier molecular flexibility index (Phi) is 3.93. The van der Waals surface area contributed by atoms with Crippen molar-refractivity contribution in [2.45, 2.75) is 19.6 Å². The van der Waals surface area contributed by atoms with E-state index in [1.165, 1.54) is 11.1 Å². The maximum atomic E-state index is 5.63. The SMILES string of the molecule is Cc1ccc(CN2CCO[C@@H](CN)C2)cc1. The maximum absolute atomic E-state index is 5.63. The first kappa shape index (κ1) is 11.6. The standard InChI is InChI=1S/C13H20N2O/c1-11-2-4-12(5-3-11)9-15-6-7-16-13(8-14)10-15/h2-5,13H,6-10,14H2,1H3/t13-/m0/s1. The first-order valence-electron chi connectivity index (χ1n) is 5.87. The van der Waals surface area contributed by atoms with Crippen LogP contribution in [0.2, 0.25) is 0 Å². The van der Waals surface area contributed by atoms with Crippen LogP contribution in [0.5, 0.6) is 0 Å². The van der Waals surface area contributed by atoms with Crippen molar-refractivity contribution < 1.29 is 4.74 Å². The molecule has 1 fully saturated rings. The van der Waals surface area contributed by atoms with Crippen LogP contribution in [-0.2, 0) is 11.3 Å². The van der Waals surface area contributed by atoms with Gasteiger partial charge in [0, 0.05) is 26.2 Å². The van der Waals surface area contributed by atoms with Gasteiger partial charge in [0.1, 0.15) is 0 Å². The first-order chi connectivity index (χ1) is 7.78. The number of hydrogen-bond donors (Lipinski definition) is 1. The van der Waals surface area contributed by atoms with Gasteiger partial charge in [-0.2, -0.15) is 0 Å². The summed E-state index contributed by atoms with van der Waals surface area (Å²) in [6.45, 7) is 6.48. The largest absolute Gasteiger partial charge is 0.374 e. The lowest BCUT2D eigenvalue weighted by molar-refractivity contribution is -0.0260. The van der Waals surface area contributed by atoms with E-state index in [2.05, 4.69) is 36.1 Å². The van der Waals surface area contributed by atoms with Gasteiger partial charge in [0.25, 0.3) is 0 Å². The van der Waals surface area contributed by atoms with E-state index in [0.717, 1.165) is 26.2 Å². The molecule has 0 spiro atoms. The second kappa shape index (κ2) is 5.43. The van der Waals surface area contributed by atoms with Gasteiger partial charge < -0.3 is 10.5 Å². The van der Waals surface area contributed by atoms with E-state index in [9.17, 15) is 0 Å². The summed E-state index contributed by atoms with van der Waals surface area (Å²) in [7, 11) is 0. The summed E-state index contributed by atoms with van der Waals surface area (Å²) in [6.07, 6.45) is 0.208. The molecule has 0 aromatic heterocycles. The Hall–Kier alpha value is -0.900. The zero-order valence-corrected chi connectivity index (χ0v) is 9.86. The molecule has 1 heterocycles. The monoisotopic (exact) mass is 220 g/mol. The summed E-state index contributed by atoms with van der Waals surface area (Å²) >= 11 is 0. The third-order valence-electron chi connectivity index (χ3n) is 3.01. The average Bonchev–Trinajstić information content (AvgIpc) is 2.32. The molecular formula is C13H20N2O. The number of ether oxygens (including phenoxy) is 1. The summed E-state index contributed by atoms with van der Waals surface area (Å²) in [5.41, 5.74) is 8.30. The molecule has 3 heteroatoms. The van der Waals surface area contributed by atoms with Gasteiger partial charge in [-0.1, -0.05) is 29.8 Å². The molecule has 0 saturated carbocycles. The summed E-state index contributed by atoms with van der Waals surface area (Å²) in [4.78, 5) is 2.41. The molecule has 0 unspecified atom stereocenters. The number of morpholine rings is 1. The number of aryl methyl sites for hydroxylation is 1. The van der Waals surface area contributed by atoms with Gasteiger partial charge in [0.15, 0.2) is 0 Å². The molecule has 2 rings (SSSR count). The van der Waals surface area contributed by atoms with E-state index < -0.39 is 0 Å². The minimum Gasteiger partial charge on any atom is -0.374 e. The van der Waals surface area contributed by atoms with Crippen LogP contribution in [0.4, 0.5) is 0 Å². The van der Waals surface area contributed by atoms with E-state index in [0.29, 0.717) is 6.54 Å². The van der Waals surface area contributed by atoms with E-state index in [-0.39, 0.29) is 6.10 Å². The fourth-order valence-corrected chi connectivity index (χ4v) is 2.02. The van der Waals surface area contributed by atoms with Crippen molar-refractivity contribution in [2.75, 3.05) is 26.2 Å². The molecule has 1 saturated heterocycles. The topological polar surface area (TPSA) is 38.5 Å². The maximum Gasteiger partial charge on any atom is 0.0824 e. The molecular weight excluding hydrogens is 200 g/mol. The zero-order valence-electron chi connectivity index (χ0n) is 9.86. The molecule has 0 amide bonds. The highest BCUT2D eigenvalue weighted by atomic mass is 16.5. The summed E-state index contributed by atoms with van der Waals surface area (Å²) < 4.78 is 5.55. The number of rotatable bonds is 3. The third kappa shape index (κ3) is 3.04. The van der Waals surface area contributed by atoms with E-state index in [4.69, 9.17) is 10.5 Å². The van der Waals surface area contributed by atoms with Gasteiger partial charge in [0.2, 0.25) is 0 Å². The minimum atomic E-state index is 0.208. The van der Waals surface area contributed by atoms with Crippen LogP contribution in [0.1, 0.15) is 11.1 Å². The molecule has 1 aliphatic heterocycles. The van der Waals surface area contributed by atoms with Crippen LogP contribution in [-0.4, -0.2) is 37.2 Å². The molecule has 2 N–H and O–H groups in total. The Balaban J connectivity index is 1.91.